The highest BCUT2D eigenvalue weighted by Crippen LogP contribution is 2.14. The molecule has 0 radical (unpaired) electrons. The molecule has 2 N–H and O–H groups in total. The summed E-state index contributed by atoms with van der Waals surface area (Å²) in [5.74, 6) is 0.463. The molecule has 2 atom stereocenters. The predicted molar refractivity (Wildman–Crippen MR) is 44.0 cm³/mol. The van der Waals surface area contributed by atoms with Gasteiger partial charge in [-0.3, -0.25) is 4.99 Å². The largest absolute Gasteiger partial charge is 0.324 e. The molecule has 0 bridgehead atoms. The van der Waals surface area contributed by atoms with Gasteiger partial charge >= 0.3 is 0 Å². The van der Waals surface area contributed by atoms with Crippen molar-refractivity contribution in [3.05, 3.63) is 12.3 Å². The van der Waals surface area contributed by atoms with Crippen LogP contribution in [0.1, 0.15) is 20.3 Å². The van der Waals surface area contributed by atoms with Gasteiger partial charge in [0, 0.05) is 23.9 Å². The lowest BCUT2D eigenvalue weighted by Crippen LogP contribution is -2.33. The summed E-state index contributed by atoms with van der Waals surface area (Å²) >= 11 is 0. The van der Waals surface area contributed by atoms with E-state index in [1.807, 2.05) is 13.0 Å². The van der Waals surface area contributed by atoms with E-state index in [4.69, 9.17) is 5.73 Å². The van der Waals surface area contributed by atoms with Gasteiger partial charge in [0.25, 0.3) is 0 Å². The average Bonchev–Trinajstić information content (AvgIpc) is 1.88. The second kappa shape index (κ2) is 2.97. The summed E-state index contributed by atoms with van der Waals surface area (Å²) in [5, 5.41) is 0. The molecule has 1 rings (SSSR count). The highest BCUT2D eigenvalue weighted by molar-refractivity contribution is 5.86. The molecule has 0 aromatic carbocycles. The molecule has 10 heavy (non-hydrogen) atoms. The number of nitrogens with two attached hydrogens (primary N) is 1. The normalized spacial score (nSPS) is 32.1. The van der Waals surface area contributed by atoms with E-state index in [2.05, 4.69) is 11.9 Å². The Morgan fingerprint density at radius 2 is 2.40 bits per heavy atom. The molecular weight excluding hydrogens is 124 g/mol. The zero-order valence-corrected chi connectivity index (χ0v) is 6.54. The summed E-state index contributed by atoms with van der Waals surface area (Å²) in [4.78, 5) is 4.19. The van der Waals surface area contributed by atoms with Crippen LogP contribution in [0.2, 0.25) is 0 Å². The number of rotatable bonds is 1. The van der Waals surface area contributed by atoms with Crippen molar-refractivity contribution in [2.75, 3.05) is 0 Å². The number of hydrogen-bond acceptors (Lipinski definition) is 2. The second-order valence-electron chi connectivity index (χ2n) is 2.70. The third-order valence-corrected chi connectivity index (χ3v) is 2.03. The minimum Gasteiger partial charge on any atom is -0.324 e. The van der Waals surface area contributed by atoms with Crippen LogP contribution >= 0.6 is 0 Å². The van der Waals surface area contributed by atoms with Gasteiger partial charge < -0.3 is 5.73 Å². The molecule has 0 amide bonds. The summed E-state index contributed by atoms with van der Waals surface area (Å²) in [7, 11) is 0. The van der Waals surface area contributed by atoms with Crippen molar-refractivity contribution in [1.82, 2.24) is 0 Å². The topological polar surface area (TPSA) is 38.4 Å². The fourth-order valence-corrected chi connectivity index (χ4v) is 1.34. The molecule has 1 aliphatic rings. The van der Waals surface area contributed by atoms with Gasteiger partial charge in [0.1, 0.15) is 0 Å². The Balaban J connectivity index is 2.71. The van der Waals surface area contributed by atoms with Crippen LogP contribution < -0.4 is 5.73 Å². The Morgan fingerprint density at radius 3 is 2.80 bits per heavy atom. The highest BCUT2D eigenvalue weighted by Gasteiger charge is 2.18. The Morgan fingerprint density at radius 1 is 1.70 bits per heavy atom. The lowest BCUT2D eigenvalue weighted by Gasteiger charge is -2.21. The van der Waals surface area contributed by atoms with Crippen LogP contribution in [-0.2, 0) is 0 Å². The van der Waals surface area contributed by atoms with E-state index < -0.39 is 0 Å². The summed E-state index contributed by atoms with van der Waals surface area (Å²) in [6.45, 7) is 4.18. The summed E-state index contributed by atoms with van der Waals surface area (Å²) in [6, 6.07) is 0.183. The van der Waals surface area contributed by atoms with E-state index in [0.29, 0.717) is 5.92 Å². The van der Waals surface area contributed by atoms with E-state index in [1.165, 1.54) is 0 Å². The molecule has 0 aromatic rings. The maximum Gasteiger partial charge on any atom is 0.0323 e. The number of nitrogens with zero attached hydrogens (tertiary/aromatic N) is 1. The van der Waals surface area contributed by atoms with Crippen molar-refractivity contribution in [3.63, 3.8) is 0 Å². The van der Waals surface area contributed by atoms with Gasteiger partial charge in [-0.2, -0.15) is 0 Å². The zero-order chi connectivity index (χ0) is 7.56. The lowest BCUT2D eigenvalue weighted by atomic mass is 9.91. The van der Waals surface area contributed by atoms with Crippen LogP contribution in [0.3, 0.4) is 0 Å². The van der Waals surface area contributed by atoms with Gasteiger partial charge in [-0.15, -0.1) is 0 Å². The van der Waals surface area contributed by atoms with Crippen LogP contribution in [0.15, 0.2) is 17.3 Å². The third kappa shape index (κ3) is 1.27. The Labute approximate surface area is 61.8 Å². The van der Waals surface area contributed by atoms with Crippen molar-refractivity contribution < 1.29 is 0 Å². The quantitative estimate of drug-likeness (QED) is 0.583. The molecule has 2 nitrogen and oxygen atoms in total. The molecule has 0 saturated carbocycles. The molecule has 1 heterocycles. The van der Waals surface area contributed by atoms with E-state index in [0.717, 1.165) is 12.1 Å². The minimum absolute atomic E-state index is 0.183. The van der Waals surface area contributed by atoms with Crippen LogP contribution in [0.4, 0.5) is 0 Å². The monoisotopic (exact) mass is 138 g/mol. The molecular formula is C8H14N2. The van der Waals surface area contributed by atoms with Gasteiger partial charge in [0.15, 0.2) is 0 Å². The standard InChI is InChI=1S/C8H14N2/c1-3-7-6(2)10-5-4-8(7)9/h4-5,7-8H,3,9H2,1-2H3. The first-order valence-corrected chi connectivity index (χ1v) is 3.72. The number of aliphatic imine (C=N–C) groups is 1. The van der Waals surface area contributed by atoms with Crippen LogP contribution in [0, 0.1) is 5.92 Å². The van der Waals surface area contributed by atoms with Gasteiger partial charge in [-0.1, -0.05) is 6.92 Å². The molecule has 1 aliphatic heterocycles. The SMILES string of the molecule is CCC1C(C)=NC=CC1N. The average molecular weight is 138 g/mol. The third-order valence-electron chi connectivity index (χ3n) is 2.03. The van der Waals surface area contributed by atoms with Gasteiger partial charge in [-0.25, -0.2) is 0 Å². The predicted octanol–water partition coefficient (Wildman–Crippen LogP) is 1.33. The summed E-state index contributed by atoms with van der Waals surface area (Å²) in [6.07, 6.45) is 4.84. The Kier molecular flexibility index (Phi) is 2.22. The maximum absolute atomic E-state index is 5.81. The highest BCUT2D eigenvalue weighted by atomic mass is 14.8. The summed E-state index contributed by atoms with van der Waals surface area (Å²) in [5.41, 5.74) is 6.98. The zero-order valence-electron chi connectivity index (χ0n) is 6.54. The molecule has 0 aliphatic carbocycles. The van der Waals surface area contributed by atoms with E-state index in [1.54, 1.807) is 6.20 Å². The van der Waals surface area contributed by atoms with E-state index in [-0.39, 0.29) is 6.04 Å². The van der Waals surface area contributed by atoms with Crippen LogP contribution in [0.25, 0.3) is 0 Å². The maximum atomic E-state index is 5.81. The smallest absolute Gasteiger partial charge is 0.0323 e. The van der Waals surface area contributed by atoms with Crippen molar-refractivity contribution in [2.45, 2.75) is 26.3 Å². The molecule has 0 aromatic heterocycles. The van der Waals surface area contributed by atoms with Gasteiger partial charge in [0.05, 0.1) is 0 Å². The molecule has 56 valence electrons. The van der Waals surface area contributed by atoms with Gasteiger partial charge in [-0.05, 0) is 19.4 Å². The Bertz CT molecular complexity index is 170. The fraction of sp³-hybridized carbons (Fsp3) is 0.625. The van der Waals surface area contributed by atoms with Crippen molar-refractivity contribution in [1.29, 1.82) is 0 Å². The Hall–Kier alpha value is -0.630. The second-order valence-corrected chi connectivity index (χ2v) is 2.70. The van der Waals surface area contributed by atoms with Crippen LogP contribution in [0.5, 0.6) is 0 Å². The van der Waals surface area contributed by atoms with Crippen molar-refractivity contribution >= 4 is 5.71 Å². The molecule has 0 fully saturated rings. The first kappa shape index (κ1) is 7.48. The molecule has 0 saturated heterocycles. The summed E-state index contributed by atoms with van der Waals surface area (Å²) < 4.78 is 0. The van der Waals surface area contributed by atoms with Crippen molar-refractivity contribution in [2.24, 2.45) is 16.6 Å². The molecule has 2 unspecified atom stereocenters. The minimum atomic E-state index is 0.183. The molecule has 0 spiro atoms. The first-order valence-electron chi connectivity index (χ1n) is 3.72. The van der Waals surface area contributed by atoms with Crippen molar-refractivity contribution in [3.8, 4) is 0 Å². The first-order chi connectivity index (χ1) is 4.75. The fourth-order valence-electron chi connectivity index (χ4n) is 1.34. The van der Waals surface area contributed by atoms with Crippen LogP contribution in [-0.4, -0.2) is 11.8 Å². The van der Waals surface area contributed by atoms with E-state index in [9.17, 15) is 0 Å². The van der Waals surface area contributed by atoms with E-state index >= 15 is 0 Å². The lowest BCUT2D eigenvalue weighted by molar-refractivity contribution is 0.581. The molecule has 2 heteroatoms. The van der Waals surface area contributed by atoms with Gasteiger partial charge in [0.2, 0.25) is 0 Å². The number of hydrogen-bond donors (Lipinski definition) is 1.